The number of aromatic nitrogens is 1. The first-order valence-electron chi connectivity index (χ1n) is 7.87. The molecule has 3 heterocycles. The van der Waals surface area contributed by atoms with Gasteiger partial charge in [-0.3, -0.25) is 14.6 Å². The predicted octanol–water partition coefficient (Wildman–Crippen LogP) is 2.29. The highest BCUT2D eigenvalue weighted by molar-refractivity contribution is 6.14. The maximum Gasteiger partial charge on any atom is 0.290 e. The van der Waals surface area contributed by atoms with Gasteiger partial charge in [0.05, 0.1) is 17.5 Å². The molecular formula is C18H18N2O5. The molecule has 0 aromatic carbocycles. The van der Waals surface area contributed by atoms with E-state index in [0.717, 1.165) is 0 Å². The van der Waals surface area contributed by atoms with Crippen LogP contribution in [0.25, 0.3) is 0 Å². The lowest BCUT2D eigenvalue weighted by molar-refractivity contribution is -0.129. The Labute approximate surface area is 144 Å². The lowest BCUT2D eigenvalue weighted by Crippen LogP contribution is -2.33. The van der Waals surface area contributed by atoms with Crippen molar-refractivity contribution in [1.82, 2.24) is 9.88 Å². The molecule has 0 bridgehead atoms. The zero-order valence-corrected chi connectivity index (χ0v) is 13.7. The Hall–Kier alpha value is -2.93. The average molecular weight is 342 g/mol. The van der Waals surface area contributed by atoms with Crippen LogP contribution < -0.4 is 0 Å². The van der Waals surface area contributed by atoms with Crippen molar-refractivity contribution in [2.24, 2.45) is 0 Å². The number of rotatable bonds is 7. The second-order valence-electron chi connectivity index (χ2n) is 5.57. The van der Waals surface area contributed by atoms with E-state index < -0.39 is 23.5 Å². The number of furan rings is 1. The fraction of sp³-hybridized carbons (Fsp3) is 0.278. The molecule has 1 aliphatic rings. The maximum absolute atomic E-state index is 12.8. The fourth-order valence-corrected chi connectivity index (χ4v) is 2.88. The number of carbonyl (C=O) groups is 2. The Balaban J connectivity index is 2.01. The number of amides is 1. The number of Topliss-reactive ketones (excluding diaryl/α,β-unsaturated/α-hetero) is 1. The van der Waals surface area contributed by atoms with Gasteiger partial charge in [0, 0.05) is 26.5 Å². The van der Waals surface area contributed by atoms with E-state index >= 15 is 0 Å². The number of pyridine rings is 1. The van der Waals surface area contributed by atoms with Gasteiger partial charge >= 0.3 is 0 Å². The number of hydrogen-bond acceptors (Lipinski definition) is 6. The highest BCUT2D eigenvalue weighted by atomic mass is 16.5. The van der Waals surface area contributed by atoms with Crippen LogP contribution in [0.5, 0.6) is 0 Å². The molecule has 0 spiro atoms. The predicted molar refractivity (Wildman–Crippen MR) is 87.9 cm³/mol. The van der Waals surface area contributed by atoms with E-state index in [0.29, 0.717) is 25.3 Å². The third-order valence-electron chi connectivity index (χ3n) is 4.01. The van der Waals surface area contributed by atoms with Crippen LogP contribution in [0, 0.1) is 0 Å². The Morgan fingerprint density at radius 2 is 2.20 bits per heavy atom. The molecule has 7 heteroatoms. The number of hydrogen-bond donors (Lipinski definition) is 1. The summed E-state index contributed by atoms with van der Waals surface area (Å²) in [4.78, 5) is 31.0. The number of methoxy groups -OCH3 is 1. The summed E-state index contributed by atoms with van der Waals surface area (Å²) in [6.07, 6.45) is 3.52. The number of nitrogens with zero attached hydrogens (tertiary/aromatic N) is 2. The summed E-state index contributed by atoms with van der Waals surface area (Å²) in [7, 11) is 1.57. The van der Waals surface area contributed by atoms with Gasteiger partial charge in [0.15, 0.2) is 11.5 Å². The summed E-state index contributed by atoms with van der Waals surface area (Å²) in [5.74, 6) is -1.62. The van der Waals surface area contributed by atoms with Crippen LogP contribution in [-0.2, 0) is 9.53 Å². The van der Waals surface area contributed by atoms with Crippen LogP contribution in [0.3, 0.4) is 0 Å². The summed E-state index contributed by atoms with van der Waals surface area (Å²) < 4.78 is 10.2. The fourth-order valence-electron chi connectivity index (χ4n) is 2.88. The van der Waals surface area contributed by atoms with E-state index in [4.69, 9.17) is 9.15 Å². The lowest BCUT2D eigenvalue weighted by atomic mass is 9.98. The lowest BCUT2D eigenvalue weighted by Gasteiger charge is -2.25. The van der Waals surface area contributed by atoms with Crippen LogP contribution in [-0.4, -0.2) is 46.9 Å². The van der Waals surface area contributed by atoms with Crippen LogP contribution in [0.1, 0.15) is 28.7 Å². The molecule has 1 atom stereocenters. The summed E-state index contributed by atoms with van der Waals surface area (Å²) in [5.41, 5.74) is 0.489. The van der Waals surface area contributed by atoms with Gasteiger partial charge in [0.25, 0.3) is 5.91 Å². The molecule has 0 fully saturated rings. The van der Waals surface area contributed by atoms with E-state index in [1.807, 2.05) is 0 Å². The molecule has 7 nitrogen and oxygen atoms in total. The second kappa shape index (κ2) is 7.31. The van der Waals surface area contributed by atoms with Crippen molar-refractivity contribution in [2.75, 3.05) is 20.3 Å². The molecule has 0 aliphatic carbocycles. The highest BCUT2D eigenvalue weighted by Crippen LogP contribution is 2.38. The molecule has 0 saturated heterocycles. The number of aliphatic hydroxyl groups excluding tert-OH is 1. The molecule has 1 aliphatic heterocycles. The minimum atomic E-state index is -0.761. The van der Waals surface area contributed by atoms with Crippen molar-refractivity contribution in [3.8, 4) is 0 Å². The van der Waals surface area contributed by atoms with Crippen LogP contribution in [0.15, 0.2) is 58.5 Å². The minimum Gasteiger partial charge on any atom is -0.503 e. The van der Waals surface area contributed by atoms with E-state index in [-0.39, 0.29) is 11.3 Å². The molecule has 0 saturated carbocycles. The van der Waals surface area contributed by atoms with Crippen LogP contribution in [0.4, 0.5) is 0 Å². The molecule has 130 valence electrons. The molecule has 2 aromatic rings. The van der Waals surface area contributed by atoms with Gasteiger partial charge in [0.1, 0.15) is 6.04 Å². The third kappa shape index (κ3) is 3.18. The topological polar surface area (TPSA) is 92.9 Å². The van der Waals surface area contributed by atoms with Gasteiger partial charge in [-0.1, -0.05) is 6.07 Å². The van der Waals surface area contributed by atoms with E-state index in [1.165, 1.54) is 17.2 Å². The molecule has 25 heavy (non-hydrogen) atoms. The Bertz CT molecular complexity index is 783. The third-order valence-corrected chi connectivity index (χ3v) is 4.01. The van der Waals surface area contributed by atoms with Gasteiger partial charge in [-0.15, -0.1) is 0 Å². The van der Waals surface area contributed by atoms with Crippen molar-refractivity contribution in [2.45, 2.75) is 12.5 Å². The van der Waals surface area contributed by atoms with Crippen molar-refractivity contribution < 1.29 is 23.8 Å². The van der Waals surface area contributed by atoms with Gasteiger partial charge < -0.3 is 19.2 Å². The summed E-state index contributed by atoms with van der Waals surface area (Å²) in [6.45, 7) is 0.786. The van der Waals surface area contributed by atoms with Crippen molar-refractivity contribution >= 4 is 11.7 Å². The molecule has 1 N–H and O–H groups in total. The summed E-state index contributed by atoms with van der Waals surface area (Å²) in [5, 5.41) is 10.4. The number of aliphatic hydroxyl groups is 1. The normalized spacial score (nSPS) is 17.4. The Morgan fingerprint density at radius 3 is 2.84 bits per heavy atom. The second-order valence-corrected chi connectivity index (χ2v) is 5.57. The van der Waals surface area contributed by atoms with Gasteiger partial charge in [-0.25, -0.2) is 0 Å². The first kappa shape index (κ1) is 16.9. The molecule has 1 amide bonds. The monoisotopic (exact) mass is 342 g/mol. The van der Waals surface area contributed by atoms with Crippen molar-refractivity contribution in [3.63, 3.8) is 0 Å². The quantitative estimate of drug-likeness (QED) is 0.613. The first-order valence-corrected chi connectivity index (χ1v) is 7.87. The van der Waals surface area contributed by atoms with Crippen molar-refractivity contribution in [1.29, 1.82) is 0 Å². The first-order chi connectivity index (χ1) is 12.1. The van der Waals surface area contributed by atoms with E-state index in [2.05, 4.69) is 4.98 Å². The zero-order valence-electron chi connectivity index (χ0n) is 13.7. The Kier molecular flexibility index (Phi) is 4.95. The van der Waals surface area contributed by atoms with Gasteiger partial charge in [-0.05, 0) is 30.7 Å². The smallest absolute Gasteiger partial charge is 0.290 e. The number of ether oxygens (including phenoxy) is 1. The van der Waals surface area contributed by atoms with Crippen LogP contribution in [0.2, 0.25) is 0 Å². The molecule has 1 unspecified atom stereocenters. The number of carbonyl (C=O) groups excluding carboxylic acids is 2. The number of ketones is 1. The molecule has 3 rings (SSSR count). The standard InChI is InChI=1S/C18H18N2O5/c1-24-10-5-9-20-15(12-6-2-3-8-19-12)14(17(22)18(20)23)16(21)13-7-4-11-25-13/h2-4,6-8,11,15,22H,5,9-10H2,1H3. The minimum absolute atomic E-state index is 0.0175. The summed E-state index contributed by atoms with van der Waals surface area (Å²) in [6, 6.07) is 7.54. The van der Waals surface area contributed by atoms with Crippen LogP contribution >= 0.6 is 0 Å². The van der Waals surface area contributed by atoms with Gasteiger partial charge in [0.2, 0.25) is 5.78 Å². The average Bonchev–Trinajstić information content (AvgIpc) is 3.25. The van der Waals surface area contributed by atoms with Gasteiger partial charge in [-0.2, -0.15) is 0 Å². The van der Waals surface area contributed by atoms with E-state index in [9.17, 15) is 14.7 Å². The van der Waals surface area contributed by atoms with E-state index in [1.54, 1.807) is 37.6 Å². The largest absolute Gasteiger partial charge is 0.503 e. The SMILES string of the molecule is COCCCN1C(=O)C(O)=C(C(=O)c2ccco2)C1c1ccccn1. The molecule has 0 radical (unpaired) electrons. The maximum atomic E-state index is 12.8. The van der Waals surface area contributed by atoms with Crippen molar-refractivity contribution in [3.05, 3.63) is 65.6 Å². The summed E-state index contributed by atoms with van der Waals surface area (Å²) >= 11 is 0. The molecule has 2 aromatic heterocycles. The highest BCUT2D eigenvalue weighted by Gasteiger charge is 2.44. The molecular weight excluding hydrogens is 324 g/mol. The zero-order chi connectivity index (χ0) is 17.8. The Morgan fingerprint density at radius 1 is 1.36 bits per heavy atom.